The number of thiophene rings is 1. The van der Waals surface area contributed by atoms with Gasteiger partial charge in [-0.2, -0.15) is 4.31 Å². The Bertz CT molecular complexity index is 1040. The molecule has 0 radical (unpaired) electrons. The van der Waals surface area contributed by atoms with E-state index in [4.69, 9.17) is 4.74 Å². The maximum atomic E-state index is 12.8. The summed E-state index contributed by atoms with van der Waals surface area (Å²) in [5.41, 5.74) is 2.75. The molecule has 10 heteroatoms. The summed E-state index contributed by atoms with van der Waals surface area (Å²) in [5.74, 6) is -0.648. The molecule has 1 aliphatic heterocycles. The maximum Gasteiger partial charge on any atom is 0.264 e. The first-order valence-electron chi connectivity index (χ1n) is 9.49. The van der Waals surface area contributed by atoms with Crippen LogP contribution in [0.4, 0.5) is 5.69 Å². The molecule has 0 aliphatic carbocycles. The number of carbonyl (C=O) groups excluding carboxylic acids is 2. The molecule has 0 atom stereocenters. The summed E-state index contributed by atoms with van der Waals surface area (Å²) in [6.45, 7) is 5.49. The summed E-state index contributed by atoms with van der Waals surface area (Å²) in [5, 5.41) is 2.72. The van der Waals surface area contributed by atoms with Crippen molar-refractivity contribution < 1.29 is 22.7 Å². The third-order valence-corrected chi connectivity index (χ3v) is 8.26. The molecule has 0 bridgehead atoms. The molecule has 2 heterocycles. The van der Waals surface area contributed by atoms with Gasteiger partial charge in [0.05, 0.1) is 24.6 Å². The number of benzene rings is 1. The average Bonchev–Trinajstić information content (AvgIpc) is 3.22. The van der Waals surface area contributed by atoms with Gasteiger partial charge in [0.1, 0.15) is 4.21 Å². The molecule has 3 rings (SSSR count). The number of likely N-dealkylation sites (N-methyl/N-ethyl adjacent to an activating group) is 1. The minimum absolute atomic E-state index is 0.0283. The van der Waals surface area contributed by atoms with Crippen LogP contribution in [0.5, 0.6) is 0 Å². The summed E-state index contributed by atoms with van der Waals surface area (Å²) in [7, 11) is -2.54. The van der Waals surface area contributed by atoms with Gasteiger partial charge in [-0.1, -0.05) is 6.07 Å². The highest BCUT2D eigenvalue weighted by Crippen LogP contribution is 2.26. The highest BCUT2D eigenvalue weighted by Gasteiger charge is 2.27. The van der Waals surface area contributed by atoms with Crippen molar-refractivity contribution in [1.29, 1.82) is 0 Å². The molecule has 2 amide bonds. The van der Waals surface area contributed by atoms with Crippen molar-refractivity contribution in [2.45, 2.75) is 18.1 Å². The molecule has 0 spiro atoms. The highest BCUT2D eigenvalue weighted by molar-refractivity contribution is 7.91. The fourth-order valence-corrected chi connectivity index (χ4v) is 5.57. The van der Waals surface area contributed by atoms with Gasteiger partial charge in [-0.25, -0.2) is 8.42 Å². The van der Waals surface area contributed by atoms with Crippen molar-refractivity contribution in [2.75, 3.05) is 45.2 Å². The first-order chi connectivity index (χ1) is 14.2. The number of anilines is 1. The number of morpholine rings is 1. The molecule has 30 heavy (non-hydrogen) atoms. The molecule has 0 saturated carbocycles. The van der Waals surface area contributed by atoms with E-state index in [2.05, 4.69) is 5.32 Å². The van der Waals surface area contributed by atoms with Crippen molar-refractivity contribution >= 4 is 38.9 Å². The highest BCUT2D eigenvalue weighted by atomic mass is 32.2. The van der Waals surface area contributed by atoms with E-state index in [1.165, 1.54) is 19.2 Å². The van der Waals surface area contributed by atoms with E-state index in [1.807, 2.05) is 26.0 Å². The number of ether oxygens (including phenoxy) is 1. The van der Waals surface area contributed by atoms with Crippen molar-refractivity contribution in [3.05, 3.63) is 46.3 Å². The van der Waals surface area contributed by atoms with E-state index in [0.717, 1.165) is 26.8 Å². The Morgan fingerprint density at radius 1 is 1.13 bits per heavy atom. The van der Waals surface area contributed by atoms with E-state index in [-0.39, 0.29) is 16.7 Å². The van der Waals surface area contributed by atoms with Gasteiger partial charge in [0.15, 0.2) is 0 Å². The first-order valence-corrected chi connectivity index (χ1v) is 11.7. The van der Waals surface area contributed by atoms with Crippen LogP contribution in [-0.4, -0.2) is 69.3 Å². The molecule has 0 unspecified atom stereocenters. The van der Waals surface area contributed by atoms with Gasteiger partial charge < -0.3 is 15.0 Å². The number of nitrogens with zero attached hydrogens (tertiary/aromatic N) is 2. The van der Waals surface area contributed by atoms with E-state index in [9.17, 15) is 18.0 Å². The molecule has 2 aromatic rings. The molecule has 162 valence electrons. The molecular weight excluding hydrogens is 426 g/mol. The van der Waals surface area contributed by atoms with Crippen molar-refractivity contribution in [2.24, 2.45) is 0 Å². The second-order valence-electron chi connectivity index (χ2n) is 7.13. The molecule has 1 saturated heterocycles. The third-order valence-electron chi connectivity index (χ3n) is 4.91. The van der Waals surface area contributed by atoms with Gasteiger partial charge >= 0.3 is 0 Å². The van der Waals surface area contributed by atoms with Crippen LogP contribution in [0.15, 0.2) is 34.5 Å². The second kappa shape index (κ2) is 9.25. The summed E-state index contributed by atoms with van der Waals surface area (Å²) >= 11 is 0.911. The third kappa shape index (κ3) is 5.07. The molecule has 1 aromatic heterocycles. The molecule has 8 nitrogen and oxygen atoms in total. The number of carbonyl (C=O) groups is 2. The molecule has 1 fully saturated rings. The number of rotatable bonds is 6. The van der Waals surface area contributed by atoms with Crippen LogP contribution in [0.2, 0.25) is 0 Å². The quantitative estimate of drug-likeness (QED) is 0.726. The number of hydrogen-bond donors (Lipinski definition) is 1. The summed E-state index contributed by atoms with van der Waals surface area (Å²) in [6.07, 6.45) is 0. The minimum atomic E-state index is -3.89. The molecular formula is C20H25N3O5S2. The van der Waals surface area contributed by atoms with Crippen LogP contribution in [0, 0.1) is 13.8 Å². The maximum absolute atomic E-state index is 12.8. The number of sulfonamides is 1. The number of nitrogens with one attached hydrogen (secondary N) is 1. The minimum Gasteiger partial charge on any atom is -0.378 e. The molecule has 1 aromatic carbocycles. The zero-order chi connectivity index (χ0) is 21.9. The monoisotopic (exact) mass is 451 g/mol. The Hall–Kier alpha value is -2.27. The van der Waals surface area contributed by atoms with Crippen molar-refractivity contribution in [3.8, 4) is 0 Å². The zero-order valence-corrected chi connectivity index (χ0v) is 18.8. The Morgan fingerprint density at radius 3 is 2.50 bits per heavy atom. The predicted molar refractivity (Wildman–Crippen MR) is 115 cm³/mol. The fraction of sp³-hybridized carbons (Fsp3) is 0.400. The summed E-state index contributed by atoms with van der Waals surface area (Å²) < 4.78 is 31.9. The molecule has 1 aliphatic rings. The van der Waals surface area contributed by atoms with Gasteiger partial charge in [0.25, 0.3) is 15.9 Å². The van der Waals surface area contributed by atoms with Gasteiger partial charge in [-0.3, -0.25) is 9.59 Å². The van der Waals surface area contributed by atoms with E-state index in [1.54, 1.807) is 11.0 Å². The second-order valence-corrected chi connectivity index (χ2v) is 10.5. The van der Waals surface area contributed by atoms with Gasteiger partial charge in [-0.15, -0.1) is 11.3 Å². The largest absolute Gasteiger partial charge is 0.378 e. The number of hydrogen-bond acceptors (Lipinski definition) is 6. The SMILES string of the molecule is Cc1ccc(NC(=O)CN(C)S(=O)(=O)c2ccc(C(=O)N3CCOCC3)s2)cc1C. The van der Waals surface area contributed by atoms with Crippen LogP contribution in [0.3, 0.4) is 0 Å². The zero-order valence-electron chi connectivity index (χ0n) is 17.2. The van der Waals surface area contributed by atoms with E-state index < -0.39 is 15.9 Å². The van der Waals surface area contributed by atoms with Gasteiger partial charge in [-0.05, 0) is 49.2 Å². The Kier molecular flexibility index (Phi) is 6.91. The van der Waals surface area contributed by atoms with Crippen LogP contribution in [-0.2, 0) is 19.6 Å². The molecule has 1 N–H and O–H groups in total. The van der Waals surface area contributed by atoms with Crippen LogP contribution in [0.1, 0.15) is 20.8 Å². The summed E-state index contributed by atoms with van der Waals surface area (Å²) in [6, 6.07) is 8.43. The lowest BCUT2D eigenvalue weighted by atomic mass is 10.1. The van der Waals surface area contributed by atoms with Crippen molar-refractivity contribution in [3.63, 3.8) is 0 Å². The smallest absolute Gasteiger partial charge is 0.264 e. The normalized spacial score (nSPS) is 14.7. The van der Waals surface area contributed by atoms with Gasteiger partial charge in [0.2, 0.25) is 5.91 Å². The lowest BCUT2D eigenvalue weighted by Crippen LogP contribution is -2.40. The van der Waals surface area contributed by atoms with Crippen molar-refractivity contribution in [1.82, 2.24) is 9.21 Å². The van der Waals surface area contributed by atoms with Crippen LogP contribution in [0.25, 0.3) is 0 Å². The van der Waals surface area contributed by atoms with E-state index in [0.29, 0.717) is 36.9 Å². The lowest BCUT2D eigenvalue weighted by Gasteiger charge is -2.26. The van der Waals surface area contributed by atoms with Gasteiger partial charge in [0, 0.05) is 25.8 Å². The number of amides is 2. The first kappa shape index (κ1) is 22.4. The summed E-state index contributed by atoms with van der Waals surface area (Å²) in [4.78, 5) is 26.9. The topological polar surface area (TPSA) is 96.0 Å². The Morgan fingerprint density at radius 2 is 1.83 bits per heavy atom. The Balaban J connectivity index is 1.65. The van der Waals surface area contributed by atoms with Crippen LogP contribution >= 0.6 is 11.3 Å². The van der Waals surface area contributed by atoms with Crippen LogP contribution < -0.4 is 5.32 Å². The average molecular weight is 452 g/mol. The Labute approximate surface area is 180 Å². The predicted octanol–water partition coefficient (Wildman–Crippen LogP) is 2.10. The lowest BCUT2D eigenvalue weighted by molar-refractivity contribution is -0.116. The fourth-order valence-electron chi connectivity index (χ4n) is 2.96. The standard InChI is InChI=1S/C20H25N3O5S2/c1-14-4-5-16(12-15(14)2)21-18(24)13-22(3)30(26,27)19-7-6-17(29-19)20(25)23-8-10-28-11-9-23/h4-7,12H,8-11,13H2,1-3H3,(H,21,24). The van der Waals surface area contributed by atoms with E-state index >= 15 is 0 Å². The number of aryl methyl sites for hydroxylation is 2.